The molecule has 0 aliphatic heterocycles. The predicted octanol–water partition coefficient (Wildman–Crippen LogP) is 4.48. The fourth-order valence-corrected chi connectivity index (χ4v) is 1.71. The Bertz CT molecular complexity index is 186. The molecule has 0 nitrogen and oxygen atoms in total. The fraction of sp³-hybridized carbons (Fsp3) is 0.692. The molecule has 1 unspecified atom stereocenters. The minimum Gasteiger partial charge on any atom is -0.0811 e. The summed E-state index contributed by atoms with van der Waals surface area (Å²) in [5.41, 5.74) is 1.56. The van der Waals surface area contributed by atoms with Crippen LogP contribution >= 0.6 is 0 Å². The van der Waals surface area contributed by atoms with Gasteiger partial charge in [0.25, 0.3) is 0 Å². The molecule has 0 aromatic carbocycles. The molecule has 1 atom stereocenters. The van der Waals surface area contributed by atoms with E-state index >= 15 is 0 Å². The summed E-state index contributed by atoms with van der Waals surface area (Å²) in [7, 11) is 0. The van der Waals surface area contributed by atoms with Gasteiger partial charge in [0, 0.05) is 0 Å². The van der Waals surface area contributed by atoms with E-state index in [0.717, 1.165) is 5.92 Å². The van der Waals surface area contributed by atoms with E-state index in [2.05, 4.69) is 32.1 Å². The van der Waals surface area contributed by atoms with E-state index in [1.165, 1.54) is 38.5 Å². The van der Waals surface area contributed by atoms with E-state index in [4.69, 9.17) is 0 Å². The topological polar surface area (TPSA) is 0 Å². The average Bonchev–Trinajstić information content (AvgIpc) is 2.15. The van der Waals surface area contributed by atoms with Gasteiger partial charge in [-0.2, -0.15) is 0 Å². The predicted molar refractivity (Wildman–Crippen MR) is 59.8 cm³/mol. The highest BCUT2D eigenvalue weighted by Crippen LogP contribution is 2.19. The van der Waals surface area contributed by atoms with Crippen LogP contribution in [0.4, 0.5) is 0 Å². The van der Waals surface area contributed by atoms with Crippen molar-refractivity contribution >= 4 is 0 Å². The Labute approximate surface area is 82.7 Å². The molecule has 0 N–H and O–H groups in total. The highest BCUT2D eigenvalue weighted by Gasteiger charge is 2.02. The molecule has 0 bridgehead atoms. The molecule has 1 aliphatic carbocycles. The summed E-state index contributed by atoms with van der Waals surface area (Å²) < 4.78 is 0. The molecule has 1 aliphatic rings. The van der Waals surface area contributed by atoms with Crippen molar-refractivity contribution in [2.45, 2.75) is 52.4 Å². The molecule has 0 amide bonds. The maximum atomic E-state index is 2.41. The van der Waals surface area contributed by atoms with Gasteiger partial charge in [-0.15, -0.1) is 0 Å². The standard InChI is InChI=1S/C13H22/c1-3-4-5-6-7-13-10-8-12(2)9-11-13/h8,10-12H,3-7,9H2,1-2H3. The molecule has 0 saturated heterocycles. The van der Waals surface area contributed by atoms with Gasteiger partial charge in [-0.1, -0.05) is 56.9 Å². The molecule has 1 rings (SSSR count). The van der Waals surface area contributed by atoms with Crippen molar-refractivity contribution < 1.29 is 0 Å². The third-order valence-electron chi connectivity index (χ3n) is 2.71. The molecule has 74 valence electrons. The normalized spacial score (nSPS) is 21.7. The van der Waals surface area contributed by atoms with Crippen LogP contribution in [0.25, 0.3) is 0 Å². The molecule has 0 heterocycles. The molecule has 0 spiro atoms. The lowest BCUT2D eigenvalue weighted by Crippen LogP contribution is -1.94. The average molecular weight is 178 g/mol. The molecular formula is C13H22. The lowest BCUT2D eigenvalue weighted by atomic mass is 9.95. The Balaban J connectivity index is 2.12. The van der Waals surface area contributed by atoms with E-state index in [1.54, 1.807) is 5.57 Å². The van der Waals surface area contributed by atoms with E-state index in [1.807, 2.05) is 0 Å². The number of unbranched alkanes of at least 4 members (excludes halogenated alkanes) is 3. The Morgan fingerprint density at radius 1 is 1.31 bits per heavy atom. The van der Waals surface area contributed by atoms with Crippen LogP contribution in [-0.4, -0.2) is 0 Å². The monoisotopic (exact) mass is 178 g/mol. The Hall–Kier alpha value is -0.520. The zero-order chi connectivity index (χ0) is 9.52. The number of hydrogen-bond donors (Lipinski definition) is 0. The van der Waals surface area contributed by atoms with Crippen molar-refractivity contribution in [3.8, 4) is 0 Å². The summed E-state index contributed by atoms with van der Waals surface area (Å²) in [4.78, 5) is 0. The quantitative estimate of drug-likeness (QED) is 0.544. The molecule has 0 radical (unpaired) electrons. The van der Waals surface area contributed by atoms with Gasteiger partial charge in [-0.3, -0.25) is 0 Å². The Morgan fingerprint density at radius 3 is 2.77 bits per heavy atom. The van der Waals surface area contributed by atoms with Gasteiger partial charge in [0.05, 0.1) is 0 Å². The maximum Gasteiger partial charge on any atom is -0.0224 e. The van der Waals surface area contributed by atoms with Crippen LogP contribution in [0.2, 0.25) is 0 Å². The minimum atomic E-state index is 0.763. The molecule has 0 aromatic heterocycles. The first-order valence-corrected chi connectivity index (χ1v) is 5.70. The third-order valence-corrected chi connectivity index (χ3v) is 2.71. The Morgan fingerprint density at radius 2 is 2.15 bits per heavy atom. The number of rotatable bonds is 5. The van der Waals surface area contributed by atoms with E-state index in [0.29, 0.717) is 0 Å². The number of allylic oxidation sites excluding steroid dienone is 4. The van der Waals surface area contributed by atoms with Crippen molar-refractivity contribution in [1.29, 1.82) is 0 Å². The zero-order valence-electron chi connectivity index (χ0n) is 9.05. The molecular weight excluding hydrogens is 156 g/mol. The van der Waals surface area contributed by atoms with Crippen molar-refractivity contribution in [2.24, 2.45) is 5.92 Å². The van der Waals surface area contributed by atoms with Crippen molar-refractivity contribution in [1.82, 2.24) is 0 Å². The van der Waals surface area contributed by atoms with Crippen molar-refractivity contribution in [3.63, 3.8) is 0 Å². The van der Waals surface area contributed by atoms with Gasteiger partial charge in [0.15, 0.2) is 0 Å². The van der Waals surface area contributed by atoms with Gasteiger partial charge in [-0.05, 0) is 25.2 Å². The second-order valence-electron chi connectivity index (χ2n) is 4.16. The van der Waals surface area contributed by atoms with Crippen LogP contribution in [0.15, 0.2) is 23.8 Å². The molecule has 13 heavy (non-hydrogen) atoms. The maximum absolute atomic E-state index is 2.41. The van der Waals surface area contributed by atoms with Gasteiger partial charge in [0.2, 0.25) is 0 Å². The van der Waals surface area contributed by atoms with Gasteiger partial charge in [0.1, 0.15) is 0 Å². The second kappa shape index (κ2) is 6.01. The van der Waals surface area contributed by atoms with E-state index < -0.39 is 0 Å². The van der Waals surface area contributed by atoms with E-state index in [9.17, 15) is 0 Å². The largest absolute Gasteiger partial charge is 0.0811 e. The first-order valence-electron chi connectivity index (χ1n) is 5.70. The van der Waals surface area contributed by atoms with Crippen molar-refractivity contribution in [3.05, 3.63) is 23.8 Å². The molecule has 0 aromatic rings. The molecule has 0 saturated carbocycles. The summed E-state index contributed by atoms with van der Waals surface area (Å²) >= 11 is 0. The highest BCUT2D eigenvalue weighted by molar-refractivity contribution is 5.23. The van der Waals surface area contributed by atoms with Gasteiger partial charge >= 0.3 is 0 Å². The highest BCUT2D eigenvalue weighted by atomic mass is 14.1. The van der Waals surface area contributed by atoms with E-state index in [-0.39, 0.29) is 0 Å². The summed E-state index contributed by atoms with van der Waals surface area (Å²) in [6.07, 6.45) is 15.1. The lowest BCUT2D eigenvalue weighted by Gasteiger charge is -2.11. The fourth-order valence-electron chi connectivity index (χ4n) is 1.71. The Kier molecular flexibility index (Phi) is 4.88. The van der Waals surface area contributed by atoms with Gasteiger partial charge < -0.3 is 0 Å². The van der Waals surface area contributed by atoms with Crippen molar-refractivity contribution in [2.75, 3.05) is 0 Å². The minimum absolute atomic E-state index is 0.763. The summed E-state index contributed by atoms with van der Waals surface area (Å²) in [5, 5.41) is 0. The summed E-state index contributed by atoms with van der Waals surface area (Å²) in [6, 6.07) is 0. The second-order valence-corrected chi connectivity index (χ2v) is 4.16. The SMILES string of the molecule is CCCCCCC1=CCC(C)C=C1. The first kappa shape index (κ1) is 10.6. The van der Waals surface area contributed by atoms with Crippen LogP contribution < -0.4 is 0 Å². The van der Waals surface area contributed by atoms with Crippen LogP contribution in [0.5, 0.6) is 0 Å². The van der Waals surface area contributed by atoms with Crippen LogP contribution in [0.3, 0.4) is 0 Å². The molecule has 0 heteroatoms. The third kappa shape index (κ3) is 4.31. The number of hydrogen-bond acceptors (Lipinski definition) is 0. The van der Waals surface area contributed by atoms with Crippen LogP contribution in [-0.2, 0) is 0 Å². The van der Waals surface area contributed by atoms with Crippen LogP contribution in [0, 0.1) is 5.92 Å². The zero-order valence-corrected chi connectivity index (χ0v) is 9.05. The lowest BCUT2D eigenvalue weighted by molar-refractivity contribution is 0.659. The summed E-state index contributed by atoms with van der Waals surface area (Å²) in [6.45, 7) is 4.54. The van der Waals surface area contributed by atoms with Crippen LogP contribution in [0.1, 0.15) is 52.4 Å². The summed E-state index contributed by atoms with van der Waals surface area (Å²) in [5.74, 6) is 0.763. The first-order chi connectivity index (χ1) is 6.33. The molecule has 0 fully saturated rings. The smallest absolute Gasteiger partial charge is 0.0224 e. The van der Waals surface area contributed by atoms with Gasteiger partial charge in [-0.25, -0.2) is 0 Å².